The zero-order valence-corrected chi connectivity index (χ0v) is 8.00. The Morgan fingerprint density at radius 3 is 2.38 bits per heavy atom. The van der Waals surface area contributed by atoms with Crippen molar-refractivity contribution in [2.24, 2.45) is 5.92 Å². The van der Waals surface area contributed by atoms with E-state index in [0.29, 0.717) is 6.61 Å². The first-order valence-electron chi connectivity index (χ1n) is 4.04. The van der Waals surface area contributed by atoms with Crippen LogP contribution in [0.2, 0.25) is 0 Å². The fourth-order valence-electron chi connectivity index (χ4n) is 0.891. The van der Waals surface area contributed by atoms with Crippen LogP contribution in [0.4, 0.5) is 0 Å². The second-order valence-electron chi connectivity index (χ2n) is 2.74. The monoisotopic (exact) mass is 183 g/mol. The molecule has 0 aromatic rings. The van der Waals surface area contributed by atoms with E-state index in [2.05, 4.69) is 0 Å². The van der Waals surface area contributed by atoms with Crippen molar-refractivity contribution in [1.82, 2.24) is 0 Å². The lowest BCUT2D eigenvalue weighted by molar-refractivity contribution is -0.132. The lowest BCUT2D eigenvalue weighted by Gasteiger charge is -2.12. The van der Waals surface area contributed by atoms with Crippen molar-refractivity contribution in [3.63, 3.8) is 0 Å². The number of ether oxygens (including phenoxy) is 1. The van der Waals surface area contributed by atoms with Crippen molar-refractivity contribution in [2.45, 2.75) is 20.8 Å². The number of carbonyl (C=O) groups is 1. The van der Waals surface area contributed by atoms with Crippen LogP contribution in [0.25, 0.3) is 0 Å². The highest BCUT2D eigenvalue weighted by Crippen LogP contribution is 2.16. The van der Waals surface area contributed by atoms with Gasteiger partial charge >= 0.3 is 5.97 Å². The first kappa shape index (κ1) is 11.5. The van der Waals surface area contributed by atoms with Gasteiger partial charge in [0.25, 0.3) is 0 Å². The van der Waals surface area contributed by atoms with E-state index in [-0.39, 0.29) is 17.3 Å². The van der Waals surface area contributed by atoms with E-state index in [1.54, 1.807) is 26.8 Å². The van der Waals surface area contributed by atoms with Crippen LogP contribution in [0.1, 0.15) is 20.8 Å². The van der Waals surface area contributed by atoms with Gasteiger partial charge in [0.05, 0.1) is 6.61 Å². The molecule has 0 atom stereocenters. The Kier molecular flexibility index (Phi) is 4.60. The van der Waals surface area contributed by atoms with Crippen LogP contribution in [0.5, 0.6) is 0 Å². The van der Waals surface area contributed by atoms with E-state index < -0.39 is 5.97 Å². The van der Waals surface area contributed by atoms with Crippen molar-refractivity contribution in [1.29, 1.82) is 5.26 Å². The molecular formula is C9H13NO3. The summed E-state index contributed by atoms with van der Waals surface area (Å²) in [6, 6.07) is 1.62. The molecule has 0 aromatic carbocycles. The van der Waals surface area contributed by atoms with Gasteiger partial charge in [0, 0.05) is 5.92 Å². The molecule has 4 nitrogen and oxygen atoms in total. The van der Waals surface area contributed by atoms with E-state index in [4.69, 9.17) is 15.1 Å². The molecule has 0 spiro atoms. The minimum Gasteiger partial charge on any atom is -0.496 e. The minimum absolute atomic E-state index is 0.0919. The number of carboxylic acids is 1. The Hall–Kier alpha value is -1.50. The second-order valence-corrected chi connectivity index (χ2v) is 2.74. The molecule has 0 aliphatic carbocycles. The van der Waals surface area contributed by atoms with Gasteiger partial charge in [-0.3, -0.25) is 0 Å². The molecule has 0 fully saturated rings. The Balaban J connectivity index is 5.04. The highest BCUT2D eigenvalue weighted by molar-refractivity contribution is 5.91. The van der Waals surface area contributed by atoms with Crippen molar-refractivity contribution >= 4 is 5.97 Å². The molecule has 0 amide bonds. The first-order chi connectivity index (χ1) is 6.04. The topological polar surface area (TPSA) is 70.3 Å². The molecule has 0 aromatic heterocycles. The number of hydrogen-bond acceptors (Lipinski definition) is 3. The van der Waals surface area contributed by atoms with Gasteiger partial charge in [0.15, 0.2) is 5.57 Å². The Bertz CT molecular complexity index is 261. The predicted molar refractivity (Wildman–Crippen MR) is 46.7 cm³/mol. The number of hydrogen-bond donors (Lipinski definition) is 1. The molecule has 13 heavy (non-hydrogen) atoms. The van der Waals surface area contributed by atoms with Crippen molar-refractivity contribution in [3.05, 3.63) is 11.3 Å². The third-order valence-electron chi connectivity index (χ3n) is 1.40. The van der Waals surface area contributed by atoms with Gasteiger partial charge in [0.2, 0.25) is 0 Å². The summed E-state index contributed by atoms with van der Waals surface area (Å²) in [5.41, 5.74) is -0.308. The second kappa shape index (κ2) is 5.20. The summed E-state index contributed by atoms with van der Waals surface area (Å²) in [5.74, 6) is -1.08. The number of nitriles is 1. The van der Waals surface area contributed by atoms with Crippen LogP contribution in [0, 0.1) is 17.2 Å². The molecule has 0 heterocycles. The smallest absolute Gasteiger partial charge is 0.349 e. The molecule has 0 radical (unpaired) electrons. The maximum Gasteiger partial charge on any atom is 0.349 e. The van der Waals surface area contributed by atoms with Gasteiger partial charge < -0.3 is 9.84 Å². The van der Waals surface area contributed by atoms with E-state index >= 15 is 0 Å². The van der Waals surface area contributed by atoms with E-state index in [1.807, 2.05) is 0 Å². The SMILES string of the molecule is CCOC(=C(C#N)C(=O)O)C(C)C. The Morgan fingerprint density at radius 2 is 2.15 bits per heavy atom. The Labute approximate surface area is 77.4 Å². The zero-order valence-electron chi connectivity index (χ0n) is 8.00. The van der Waals surface area contributed by atoms with Crippen LogP contribution in [0.3, 0.4) is 0 Å². The van der Waals surface area contributed by atoms with Crippen LogP contribution < -0.4 is 0 Å². The molecule has 4 heteroatoms. The van der Waals surface area contributed by atoms with Crippen LogP contribution in [-0.4, -0.2) is 17.7 Å². The molecule has 0 aliphatic heterocycles. The highest BCUT2D eigenvalue weighted by atomic mass is 16.5. The zero-order chi connectivity index (χ0) is 10.4. The Morgan fingerprint density at radius 1 is 1.62 bits per heavy atom. The van der Waals surface area contributed by atoms with Gasteiger partial charge in [0.1, 0.15) is 11.8 Å². The summed E-state index contributed by atoms with van der Waals surface area (Å²) < 4.78 is 5.09. The summed E-state index contributed by atoms with van der Waals surface area (Å²) >= 11 is 0. The van der Waals surface area contributed by atoms with Gasteiger partial charge in [-0.25, -0.2) is 4.79 Å². The summed E-state index contributed by atoms with van der Waals surface area (Å²) in [4.78, 5) is 10.6. The quantitative estimate of drug-likeness (QED) is 0.407. The largest absolute Gasteiger partial charge is 0.496 e. The van der Waals surface area contributed by atoms with Crippen molar-refractivity contribution < 1.29 is 14.6 Å². The molecule has 72 valence electrons. The summed E-state index contributed by atoms with van der Waals surface area (Å²) in [6.45, 7) is 5.68. The maximum atomic E-state index is 10.6. The van der Waals surface area contributed by atoms with E-state index in [1.165, 1.54) is 0 Å². The minimum atomic E-state index is -1.24. The number of aliphatic carboxylic acids is 1. The predicted octanol–water partition coefficient (Wildman–Crippen LogP) is 1.54. The van der Waals surface area contributed by atoms with Crippen LogP contribution >= 0.6 is 0 Å². The molecule has 0 bridgehead atoms. The molecule has 0 saturated carbocycles. The molecule has 0 aliphatic rings. The first-order valence-corrected chi connectivity index (χ1v) is 4.04. The lowest BCUT2D eigenvalue weighted by Crippen LogP contribution is -2.10. The number of nitrogens with zero attached hydrogens (tertiary/aromatic N) is 1. The average molecular weight is 183 g/mol. The lowest BCUT2D eigenvalue weighted by atomic mass is 10.1. The van der Waals surface area contributed by atoms with E-state index in [0.717, 1.165) is 0 Å². The van der Waals surface area contributed by atoms with Crippen molar-refractivity contribution in [3.8, 4) is 6.07 Å². The summed E-state index contributed by atoms with van der Waals surface area (Å²) in [7, 11) is 0. The summed E-state index contributed by atoms with van der Waals surface area (Å²) in [6.07, 6.45) is 0. The number of carboxylic acid groups (broad SMARTS) is 1. The standard InChI is InChI=1S/C9H13NO3/c1-4-13-8(6(2)3)7(5-10)9(11)12/h6H,4H2,1-3H3,(H,11,12). The molecule has 0 rings (SSSR count). The number of rotatable bonds is 4. The number of allylic oxidation sites excluding steroid dienone is 1. The normalized spacial score (nSPS) is 11.9. The molecule has 0 saturated heterocycles. The van der Waals surface area contributed by atoms with Crippen molar-refractivity contribution in [2.75, 3.05) is 6.61 Å². The average Bonchev–Trinajstić information content (AvgIpc) is 2.03. The third kappa shape index (κ3) is 3.16. The van der Waals surface area contributed by atoms with Gasteiger partial charge in [-0.15, -0.1) is 0 Å². The van der Waals surface area contributed by atoms with Gasteiger partial charge in [-0.1, -0.05) is 13.8 Å². The van der Waals surface area contributed by atoms with Gasteiger partial charge in [-0.05, 0) is 6.92 Å². The molecule has 1 N–H and O–H groups in total. The van der Waals surface area contributed by atoms with E-state index in [9.17, 15) is 4.79 Å². The molecular weight excluding hydrogens is 170 g/mol. The highest BCUT2D eigenvalue weighted by Gasteiger charge is 2.17. The fraction of sp³-hybridized carbons (Fsp3) is 0.556. The van der Waals surface area contributed by atoms with Crippen LogP contribution in [-0.2, 0) is 9.53 Å². The van der Waals surface area contributed by atoms with Crippen LogP contribution in [0.15, 0.2) is 11.3 Å². The summed E-state index contributed by atoms with van der Waals surface area (Å²) in [5, 5.41) is 17.2. The third-order valence-corrected chi connectivity index (χ3v) is 1.40. The molecule has 0 unspecified atom stereocenters. The maximum absolute atomic E-state index is 10.6. The fourth-order valence-corrected chi connectivity index (χ4v) is 0.891. The van der Waals surface area contributed by atoms with Gasteiger partial charge in [-0.2, -0.15) is 5.26 Å².